The summed E-state index contributed by atoms with van der Waals surface area (Å²) in [5.74, 6) is 1.52. The normalized spacial score (nSPS) is 15.8. The second-order valence-electron chi connectivity index (χ2n) is 27.0. The number of aromatic nitrogens is 5. The maximum absolute atomic E-state index is 10.00. The van der Waals surface area contributed by atoms with Gasteiger partial charge in [-0.15, -0.1) is 29.7 Å². The third-order valence-electron chi connectivity index (χ3n) is 19.4. The van der Waals surface area contributed by atoms with Gasteiger partial charge in [0.1, 0.15) is 5.82 Å². The van der Waals surface area contributed by atoms with E-state index in [1.807, 2.05) is 100 Å². The molecule has 7 heteroatoms. The van der Waals surface area contributed by atoms with E-state index in [9.17, 15) is 5.48 Å². The van der Waals surface area contributed by atoms with E-state index in [1.54, 1.807) is 6.07 Å². The molecular weight excluding hydrogens is 1310 g/mol. The number of pyridine rings is 1. The molecule has 0 N–H and O–H groups in total. The van der Waals surface area contributed by atoms with Crippen LogP contribution in [0.5, 0.6) is 11.5 Å². The third-order valence-corrected chi connectivity index (χ3v) is 19.4. The van der Waals surface area contributed by atoms with Crippen LogP contribution in [0.1, 0.15) is 104 Å². The van der Waals surface area contributed by atoms with Gasteiger partial charge < -0.3 is 18.4 Å². The zero-order valence-electron chi connectivity index (χ0n) is 63.4. The molecule has 17 rings (SSSR count). The average molecular weight is 1390 g/mol. The van der Waals surface area contributed by atoms with Crippen molar-refractivity contribution >= 4 is 54.6 Å². The topological polar surface area (TPSA) is 40.8 Å². The maximum Gasteiger partial charge on any atom is 0.268 e. The van der Waals surface area contributed by atoms with Crippen molar-refractivity contribution < 1.29 is 45.4 Å². The number of aryl methyl sites for hydroxylation is 2. The van der Waals surface area contributed by atoms with Crippen molar-refractivity contribution in [3.05, 3.63) is 277 Å². The zero-order chi connectivity index (χ0) is 71.9. The summed E-state index contributed by atoms with van der Waals surface area (Å²) >= 11 is 0. The summed E-state index contributed by atoms with van der Waals surface area (Å²) < 4.78 is 117. The predicted molar refractivity (Wildman–Crippen MR) is 379 cm³/mol. The van der Waals surface area contributed by atoms with Crippen molar-refractivity contribution in [1.29, 1.82) is 0 Å². The van der Waals surface area contributed by atoms with Gasteiger partial charge in [-0.2, -0.15) is 18.2 Å². The van der Waals surface area contributed by atoms with Crippen LogP contribution in [-0.2, 0) is 37.3 Å². The quantitative estimate of drug-likeness (QED) is 0.118. The van der Waals surface area contributed by atoms with E-state index < -0.39 is 43.9 Å². The molecule has 0 spiro atoms. The molecule has 0 atom stereocenters. The molecule has 0 bridgehead atoms. The standard InChI is InChI=1S/C86H69N5O.Pt/c1-53-23-21-24-54(2)81(53)56-43-68(55-25-11-10-12-26-55)82-71(44-56)70-51-74-73(85(6,7)40-41-86(74,8)9)50-69(70)62-29-13-14-30-63(62)72-47-59(90-75-34-18-15-31-64(75)65-32-16-19-35-76(65)90)48-79-83(72)89(82)52-88(79)58-27-22-28-60(46-58)92-61-37-38-67-66-33-17-20-36-77(66)91(78(67)49-61)80-45-57(39-42-87-80)84(3,4)5;/h10-39,42-45,47-48,50-51H,40-41H2,1-9H3;/q-2;/i1D3,2D3,10D,11D,12D,25D,26D;. The van der Waals surface area contributed by atoms with Crippen LogP contribution in [0.3, 0.4) is 0 Å². The SMILES string of the molecule is [2H]c1c([2H])c([2H])c(-c2cc(-c3c(C([2H])([2H])[2H])cccc3C([2H])([2H])[2H])cc3c2-[n+]2[c-]n(-c4[c-]c(Oc5[c-]c6c(cc5)c5ccccc5n6-c5cc(C(C)(C)C)ccn5)ccc4)c4cc(-n5c6ccccc6c6ccccc65)cc(c42)-c2ccccc2-c2cc4c(cc2-3)C(C)(C)CCC4(C)C)c([2H])c1[2H].[Pt]. The van der Waals surface area contributed by atoms with Crippen molar-refractivity contribution in [2.24, 2.45) is 0 Å². The Balaban J connectivity index is 0.00000833. The van der Waals surface area contributed by atoms with Crippen molar-refractivity contribution in [2.75, 3.05) is 0 Å². The van der Waals surface area contributed by atoms with Crippen LogP contribution >= 0.6 is 0 Å². The molecule has 6 nitrogen and oxygen atoms in total. The molecule has 0 saturated heterocycles. The number of ether oxygens (including phenoxy) is 1. The van der Waals surface area contributed by atoms with Crippen LogP contribution < -0.4 is 9.30 Å². The Kier molecular flexibility index (Phi) is 10.9. The summed E-state index contributed by atoms with van der Waals surface area (Å²) in [5, 5.41) is 4.11. The van der Waals surface area contributed by atoms with Crippen molar-refractivity contribution in [2.45, 2.75) is 91.3 Å². The summed E-state index contributed by atoms with van der Waals surface area (Å²) in [6.45, 7) is 9.89. The van der Waals surface area contributed by atoms with E-state index in [1.165, 1.54) is 18.2 Å². The number of rotatable bonds is 7. The Morgan fingerprint density at radius 3 is 1.78 bits per heavy atom. The van der Waals surface area contributed by atoms with Gasteiger partial charge in [-0.05, 0) is 198 Å². The molecule has 1 aliphatic carbocycles. The van der Waals surface area contributed by atoms with Gasteiger partial charge in [0.05, 0.1) is 34.6 Å². The molecule has 1 aliphatic heterocycles. The van der Waals surface area contributed by atoms with Crippen LogP contribution in [0.25, 0.3) is 133 Å². The van der Waals surface area contributed by atoms with Gasteiger partial charge in [0, 0.05) is 69.0 Å². The number of hydrogen-bond acceptors (Lipinski definition) is 2. The van der Waals surface area contributed by atoms with Gasteiger partial charge in [0.25, 0.3) is 6.33 Å². The molecule has 5 heterocycles. The molecule has 93 heavy (non-hydrogen) atoms. The summed E-state index contributed by atoms with van der Waals surface area (Å²) in [6.07, 6.45) is 7.47. The van der Waals surface area contributed by atoms with E-state index in [2.05, 4.69) is 161 Å². The van der Waals surface area contributed by atoms with E-state index in [4.69, 9.17) is 19.3 Å². The molecule has 0 saturated carbocycles. The summed E-state index contributed by atoms with van der Waals surface area (Å²) in [4.78, 5) is 4.92. The Bertz CT molecular complexity index is 6030. The van der Waals surface area contributed by atoms with Crippen LogP contribution in [0, 0.1) is 32.2 Å². The molecule has 0 unspecified atom stereocenters. The fraction of sp³-hybridized carbons (Fsp3) is 0.163. The molecule has 0 amide bonds. The van der Waals surface area contributed by atoms with Crippen LogP contribution in [0.2, 0.25) is 0 Å². The fourth-order valence-corrected chi connectivity index (χ4v) is 14.7. The largest absolute Gasteiger partial charge is 0.510 e. The van der Waals surface area contributed by atoms with Crippen LogP contribution in [0.15, 0.2) is 231 Å². The first kappa shape index (κ1) is 47.1. The third kappa shape index (κ3) is 9.30. The van der Waals surface area contributed by atoms with E-state index >= 15 is 0 Å². The second kappa shape index (κ2) is 21.6. The molecule has 0 fully saturated rings. The monoisotopic (exact) mass is 1390 g/mol. The van der Waals surface area contributed by atoms with Gasteiger partial charge in [-0.25, -0.2) is 4.98 Å². The number of benzene rings is 11. The van der Waals surface area contributed by atoms with Crippen LogP contribution in [-0.4, -0.2) is 18.7 Å². The minimum Gasteiger partial charge on any atom is -0.510 e. The van der Waals surface area contributed by atoms with Crippen molar-refractivity contribution in [1.82, 2.24) is 18.7 Å². The van der Waals surface area contributed by atoms with Crippen LogP contribution in [0.4, 0.5) is 0 Å². The maximum atomic E-state index is 10.00. The molecule has 4 aromatic heterocycles. The Morgan fingerprint density at radius 2 is 1.12 bits per heavy atom. The first-order chi connectivity index (χ1) is 49.1. The second-order valence-corrected chi connectivity index (χ2v) is 27.0. The molecule has 456 valence electrons. The molecule has 11 aromatic carbocycles. The summed E-state index contributed by atoms with van der Waals surface area (Å²) in [6, 6.07) is 68.0. The zero-order valence-corrected chi connectivity index (χ0v) is 54.7. The van der Waals surface area contributed by atoms with Gasteiger partial charge in [0.2, 0.25) is 0 Å². The number of imidazole rings is 1. The number of nitrogens with zero attached hydrogens (tertiary/aromatic N) is 5. The first-order valence-corrected chi connectivity index (χ1v) is 31.4. The van der Waals surface area contributed by atoms with Gasteiger partial charge in [-0.1, -0.05) is 187 Å². The Labute approximate surface area is 573 Å². The minimum atomic E-state index is -2.85. The predicted octanol–water partition coefficient (Wildman–Crippen LogP) is 21.6. The number of fused-ring (bicyclic) bond motifs is 14. The van der Waals surface area contributed by atoms with Gasteiger partial charge in [-0.3, -0.25) is 4.57 Å². The van der Waals surface area contributed by atoms with Crippen molar-refractivity contribution in [3.63, 3.8) is 0 Å². The average Bonchev–Trinajstić information content (AvgIpc) is 1.39. The first-order valence-electron chi connectivity index (χ1n) is 36.9. The smallest absolute Gasteiger partial charge is 0.268 e. The fourth-order valence-electron chi connectivity index (χ4n) is 14.7. The van der Waals surface area contributed by atoms with E-state index in [-0.39, 0.29) is 70.7 Å². The number of hydrogen-bond donors (Lipinski definition) is 0. The molecule has 0 radical (unpaired) electrons. The summed E-state index contributed by atoms with van der Waals surface area (Å²) in [5.41, 5.74) is 12.9. The van der Waals surface area contributed by atoms with E-state index in [0.29, 0.717) is 45.0 Å². The Morgan fingerprint density at radius 1 is 0.527 bits per heavy atom. The van der Waals surface area contributed by atoms with Gasteiger partial charge >= 0.3 is 0 Å². The Hall–Kier alpha value is -9.87. The molecule has 15 aromatic rings. The van der Waals surface area contributed by atoms with Crippen molar-refractivity contribution in [3.8, 4) is 90.0 Å². The molecule has 2 aliphatic rings. The summed E-state index contributed by atoms with van der Waals surface area (Å²) in [7, 11) is 0. The van der Waals surface area contributed by atoms with E-state index in [0.717, 1.165) is 107 Å². The number of para-hydroxylation sites is 3. The molecular formula is C86H69N5OPt-2. The minimum absolute atomic E-state index is 0. The van der Waals surface area contributed by atoms with Gasteiger partial charge in [0.15, 0.2) is 0 Å².